The molecule has 0 radical (unpaired) electrons. The van der Waals surface area contributed by atoms with Gasteiger partial charge in [0.15, 0.2) is 0 Å². The number of hydrogen-bond donors (Lipinski definition) is 2. The molecule has 3 rings (SSSR count). The van der Waals surface area contributed by atoms with Gasteiger partial charge in [-0.3, -0.25) is 4.98 Å². The van der Waals surface area contributed by atoms with Crippen molar-refractivity contribution in [2.24, 2.45) is 5.92 Å². The number of piperidine rings is 1. The van der Waals surface area contributed by atoms with Crippen molar-refractivity contribution in [2.75, 3.05) is 19.6 Å². The van der Waals surface area contributed by atoms with E-state index in [2.05, 4.69) is 15.6 Å². The minimum absolute atomic E-state index is 0.732. The predicted molar refractivity (Wildman–Crippen MR) is 66.9 cm³/mol. The lowest BCUT2D eigenvalue weighted by molar-refractivity contribution is 0.355. The van der Waals surface area contributed by atoms with Crippen molar-refractivity contribution < 1.29 is 0 Å². The minimum Gasteiger partial charge on any atom is -0.317 e. The third-order valence-corrected chi connectivity index (χ3v) is 4.64. The molecular formula is C12H19N3S. The van der Waals surface area contributed by atoms with Gasteiger partial charge >= 0.3 is 0 Å². The maximum atomic E-state index is 4.15. The molecule has 1 aliphatic heterocycles. The summed E-state index contributed by atoms with van der Waals surface area (Å²) in [7, 11) is 0. The summed E-state index contributed by atoms with van der Waals surface area (Å²) in [4.78, 5) is 5.61. The van der Waals surface area contributed by atoms with Gasteiger partial charge in [0.05, 0.1) is 5.51 Å². The molecule has 0 amide bonds. The second-order valence-electron chi connectivity index (χ2n) is 4.95. The van der Waals surface area contributed by atoms with Crippen molar-refractivity contribution in [1.82, 2.24) is 15.6 Å². The van der Waals surface area contributed by atoms with Crippen LogP contribution in [-0.4, -0.2) is 30.7 Å². The molecule has 16 heavy (non-hydrogen) atoms. The van der Waals surface area contributed by atoms with E-state index in [1.54, 1.807) is 11.3 Å². The Morgan fingerprint density at radius 2 is 2.31 bits per heavy atom. The first-order valence-corrected chi connectivity index (χ1v) is 7.14. The first-order valence-electron chi connectivity index (χ1n) is 6.26. The number of nitrogens with zero attached hydrogens (tertiary/aromatic N) is 1. The smallest absolute Gasteiger partial charge is 0.0794 e. The molecule has 1 aromatic rings. The molecule has 2 aliphatic rings. The van der Waals surface area contributed by atoms with Gasteiger partial charge in [0.1, 0.15) is 0 Å². The Morgan fingerprint density at radius 1 is 1.44 bits per heavy atom. The summed E-state index contributed by atoms with van der Waals surface area (Å²) >= 11 is 1.80. The summed E-state index contributed by atoms with van der Waals surface area (Å²) in [5.41, 5.74) is 1.94. The quantitative estimate of drug-likeness (QED) is 0.835. The number of rotatable bonds is 4. The van der Waals surface area contributed by atoms with Gasteiger partial charge in [-0.2, -0.15) is 0 Å². The zero-order valence-electron chi connectivity index (χ0n) is 9.48. The normalized spacial score (nSPS) is 30.5. The molecule has 1 saturated carbocycles. The van der Waals surface area contributed by atoms with Crippen molar-refractivity contribution >= 4 is 11.3 Å². The van der Waals surface area contributed by atoms with E-state index >= 15 is 0 Å². The second-order valence-corrected chi connectivity index (χ2v) is 5.87. The van der Waals surface area contributed by atoms with Crippen LogP contribution in [0.15, 0.2) is 11.7 Å². The van der Waals surface area contributed by atoms with E-state index in [1.807, 2.05) is 11.7 Å². The third kappa shape index (κ3) is 2.44. The van der Waals surface area contributed by atoms with Gasteiger partial charge < -0.3 is 10.6 Å². The van der Waals surface area contributed by atoms with Crippen LogP contribution in [0.5, 0.6) is 0 Å². The number of nitrogens with one attached hydrogen (secondary N) is 2. The molecule has 1 saturated heterocycles. The molecule has 0 aromatic carbocycles. The molecule has 0 bridgehead atoms. The van der Waals surface area contributed by atoms with Gasteiger partial charge in [0.2, 0.25) is 0 Å². The van der Waals surface area contributed by atoms with Crippen LogP contribution in [0.1, 0.15) is 30.1 Å². The van der Waals surface area contributed by atoms with Gasteiger partial charge in [0, 0.05) is 23.0 Å². The van der Waals surface area contributed by atoms with E-state index in [0.29, 0.717) is 0 Å². The Morgan fingerprint density at radius 3 is 3.06 bits per heavy atom. The third-order valence-electron chi connectivity index (χ3n) is 3.73. The lowest BCUT2D eigenvalue weighted by atomic mass is 9.98. The van der Waals surface area contributed by atoms with Gasteiger partial charge in [-0.25, -0.2) is 0 Å². The van der Waals surface area contributed by atoms with Crippen LogP contribution in [0.25, 0.3) is 0 Å². The van der Waals surface area contributed by atoms with Gasteiger partial charge in [-0.1, -0.05) is 0 Å². The Labute approximate surface area is 101 Å². The Hall–Kier alpha value is -0.450. The standard InChI is InChI=1S/C12H19N3S/c1-3-13-4-2-9(1)6-15-11-5-10(11)12-7-14-8-16-12/h7-11,13,15H,1-6H2/t10-,11-/m0/s1. The maximum Gasteiger partial charge on any atom is 0.0794 e. The summed E-state index contributed by atoms with van der Waals surface area (Å²) in [6.45, 7) is 3.62. The molecule has 2 fully saturated rings. The summed E-state index contributed by atoms with van der Waals surface area (Å²) in [5.74, 6) is 1.65. The molecule has 1 aliphatic carbocycles. The Balaban J connectivity index is 1.41. The predicted octanol–water partition coefficient (Wildman–Crippen LogP) is 1.59. The molecule has 3 nitrogen and oxygen atoms in total. The van der Waals surface area contributed by atoms with E-state index in [1.165, 1.54) is 43.8 Å². The van der Waals surface area contributed by atoms with Crippen molar-refractivity contribution in [3.05, 3.63) is 16.6 Å². The fourth-order valence-electron chi connectivity index (χ4n) is 2.55. The number of aromatic nitrogens is 1. The summed E-state index contributed by atoms with van der Waals surface area (Å²) in [6, 6.07) is 0.732. The second kappa shape index (κ2) is 4.82. The zero-order chi connectivity index (χ0) is 10.8. The lowest BCUT2D eigenvalue weighted by Gasteiger charge is -2.22. The van der Waals surface area contributed by atoms with Crippen molar-refractivity contribution in [3.63, 3.8) is 0 Å². The monoisotopic (exact) mass is 237 g/mol. The average molecular weight is 237 g/mol. The van der Waals surface area contributed by atoms with Crippen LogP contribution in [0, 0.1) is 5.92 Å². The van der Waals surface area contributed by atoms with E-state index in [0.717, 1.165) is 17.9 Å². The number of hydrogen-bond acceptors (Lipinski definition) is 4. The van der Waals surface area contributed by atoms with E-state index < -0.39 is 0 Å². The highest BCUT2D eigenvalue weighted by atomic mass is 32.1. The van der Waals surface area contributed by atoms with E-state index in [-0.39, 0.29) is 0 Å². The van der Waals surface area contributed by atoms with Crippen LogP contribution in [0.3, 0.4) is 0 Å². The Kier molecular flexibility index (Phi) is 3.22. The van der Waals surface area contributed by atoms with E-state index in [4.69, 9.17) is 0 Å². The van der Waals surface area contributed by atoms with Gasteiger partial charge in [-0.05, 0) is 44.8 Å². The fraction of sp³-hybridized carbons (Fsp3) is 0.750. The van der Waals surface area contributed by atoms with Crippen LogP contribution >= 0.6 is 11.3 Å². The fourth-order valence-corrected chi connectivity index (χ4v) is 3.35. The molecule has 2 heterocycles. The van der Waals surface area contributed by atoms with Gasteiger partial charge in [-0.15, -0.1) is 11.3 Å². The molecule has 2 N–H and O–H groups in total. The SMILES string of the molecule is c1ncc([C@H]2C[C@@H]2NCC2CCNCC2)s1. The molecule has 2 atom stereocenters. The minimum atomic E-state index is 0.732. The highest BCUT2D eigenvalue weighted by Crippen LogP contribution is 2.42. The zero-order valence-corrected chi connectivity index (χ0v) is 10.3. The highest BCUT2D eigenvalue weighted by Gasteiger charge is 2.39. The molecule has 88 valence electrons. The van der Waals surface area contributed by atoms with Crippen LogP contribution < -0.4 is 10.6 Å². The maximum absolute atomic E-state index is 4.15. The largest absolute Gasteiger partial charge is 0.317 e. The Bertz CT molecular complexity index is 319. The van der Waals surface area contributed by atoms with Crippen LogP contribution in [0.2, 0.25) is 0 Å². The topological polar surface area (TPSA) is 37.0 Å². The van der Waals surface area contributed by atoms with Crippen molar-refractivity contribution in [1.29, 1.82) is 0 Å². The van der Waals surface area contributed by atoms with E-state index in [9.17, 15) is 0 Å². The molecule has 4 heteroatoms. The first kappa shape index (κ1) is 10.7. The number of thiazole rings is 1. The summed E-state index contributed by atoms with van der Waals surface area (Å²) < 4.78 is 0. The molecular weight excluding hydrogens is 218 g/mol. The molecule has 0 unspecified atom stereocenters. The van der Waals surface area contributed by atoms with Crippen LogP contribution in [0.4, 0.5) is 0 Å². The summed E-state index contributed by atoms with van der Waals surface area (Å²) in [6.07, 6.45) is 6.02. The van der Waals surface area contributed by atoms with Crippen LogP contribution in [-0.2, 0) is 0 Å². The van der Waals surface area contributed by atoms with Crippen molar-refractivity contribution in [2.45, 2.75) is 31.2 Å². The first-order chi connectivity index (χ1) is 7.93. The van der Waals surface area contributed by atoms with Gasteiger partial charge in [0.25, 0.3) is 0 Å². The highest BCUT2D eigenvalue weighted by molar-refractivity contribution is 7.09. The molecule has 1 aromatic heterocycles. The summed E-state index contributed by atoms with van der Waals surface area (Å²) in [5, 5.41) is 7.13. The lowest BCUT2D eigenvalue weighted by Crippen LogP contribution is -2.34. The van der Waals surface area contributed by atoms with Crippen molar-refractivity contribution in [3.8, 4) is 0 Å². The average Bonchev–Trinajstić information content (AvgIpc) is 2.90. The molecule has 0 spiro atoms.